The van der Waals surface area contributed by atoms with Gasteiger partial charge in [-0.05, 0) is 18.6 Å². The molecule has 0 atom stereocenters. The predicted octanol–water partition coefficient (Wildman–Crippen LogP) is 1.12. The minimum atomic E-state index is 0.856. The second-order valence-electron chi connectivity index (χ2n) is 4.73. The van der Waals surface area contributed by atoms with Gasteiger partial charge in [-0.25, -0.2) is 4.98 Å². The number of nitrogens with zero attached hydrogens (tertiary/aromatic N) is 5. The molecule has 3 heterocycles. The molecule has 0 unspecified atom stereocenters. The molecular formula is C13H18N6. The Kier molecular flexibility index (Phi) is 3.41. The smallest absolute Gasteiger partial charge is 0.147 e. The fourth-order valence-electron chi connectivity index (χ4n) is 2.31. The van der Waals surface area contributed by atoms with E-state index in [0.717, 1.165) is 44.4 Å². The number of pyridine rings is 1. The van der Waals surface area contributed by atoms with Crippen LogP contribution >= 0.6 is 0 Å². The van der Waals surface area contributed by atoms with E-state index in [-0.39, 0.29) is 0 Å². The molecule has 0 saturated heterocycles. The van der Waals surface area contributed by atoms with Crippen LogP contribution in [0.5, 0.6) is 0 Å². The summed E-state index contributed by atoms with van der Waals surface area (Å²) in [7, 11) is 0. The first kappa shape index (κ1) is 12.1. The number of rotatable bonds is 4. The average molecular weight is 258 g/mol. The molecular weight excluding hydrogens is 240 g/mol. The summed E-state index contributed by atoms with van der Waals surface area (Å²) in [5.74, 6) is 1.98. The van der Waals surface area contributed by atoms with E-state index in [1.54, 1.807) is 6.33 Å². The standard InChI is InChI=1S/C13H18N6/c1-2-14-12-4-3-11(7-15-12)8-18-5-6-19-10-16-17-13(19)9-18/h3-4,7,10H,2,5-6,8-9H2,1H3,(H,14,15). The van der Waals surface area contributed by atoms with Crippen LogP contribution in [0.15, 0.2) is 24.7 Å². The Hall–Kier alpha value is -1.95. The first-order chi connectivity index (χ1) is 9.35. The quantitative estimate of drug-likeness (QED) is 0.890. The molecule has 100 valence electrons. The van der Waals surface area contributed by atoms with Gasteiger partial charge >= 0.3 is 0 Å². The summed E-state index contributed by atoms with van der Waals surface area (Å²) in [6.07, 6.45) is 3.75. The Bertz CT molecular complexity index is 532. The zero-order valence-electron chi connectivity index (χ0n) is 11.1. The van der Waals surface area contributed by atoms with Crippen molar-refractivity contribution in [2.75, 3.05) is 18.4 Å². The third kappa shape index (κ3) is 2.73. The van der Waals surface area contributed by atoms with Crippen LogP contribution in [-0.4, -0.2) is 37.7 Å². The molecule has 2 aromatic heterocycles. The van der Waals surface area contributed by atoms with Crippen LogP contribution in [-0.2, 0) is 19.6 Å². The number of hydrogen-bond acceptors (Lipinski definition) is 5. The van der Waals surface area contributed by atoms with E-state index in [1.165, 1.54) is 5.56 Å². The molecule has 1 aliphatic heterocycles. The molecule has 0 aliphatic carbocycles. The molecule has 6 heteroatoms. The molecule has 6 nitrogen and oxygen atoms in total. The topological polar surface area (TPSA) is 58.9 Å². The summed E-state index contributed by atoms with van der Waals surface area (Å²) in [6.45, 7) is 6.72. The molecule has 0 saturated carbocycles. The summed E-state index contributed by atoms with van der Waals surface area (Å²) < 4.78 is 2.11. The largest absolute Gasteiger partial charge is 0.370 e. The molecule has 0 bridgehead atoms. The van der Waals surface area contributed by atoms with Crippen molar-refractivity contribution in [1.29, 1.82) is 0 Å². The minimum Gasteiger partial charge on any atom is -0.370 e. The first-order valence-corrected chi connectivity index (χ1v) is 6.63. The maximum Gasteiger partial charge on any atom is 0.147 e. The van der Waals surface area contributed by atoms with Crippen LogP contribution in [0.1, 0.15) is 18.3 Å². The van der Waals surface area contributed by atoms with Gasteiger partial charge in [0.15, 0.2) is 0 Å². The lowest BCUT2D eigenvalue weighted by Gasteiger charge is -2.26. The fourth-order valence-corrected chi connectivity index (χ4v) is 2.31. The van der Waals surface area contributed by atoms with E-state index in [4.69, 9.17) is 0 Å². The lowest BCUT2D eigenvalue weighted by Crippen LogP contribution is -2.33. The van der Waals surface area contributed by atoms with Crippen molar-refractivity contribution in [2.24, 2.45) is 0 Å². The van der Waals surface area contributed by atoms with Crippen molar-refractivity contribution in [3.05, 3.63) is 36.0 Å². The highest BCUT2D eigenvalue weighted by Crippen LogP contribution is 2.13. The monoisotopic (exact) mass is 258 g/mol. The average Bonchev–Trinajstić information content (AvgIpc) is 2.89. The molecule has 1 N–H and O–H groups in total. The van der Waals surface area contributed by atoms with Crippen molar-refractivity contribution < 1.29 is 0 Å². The Balaban J connectivity index is 1.63. The van der Waals surface area contributed by atoms with Crippen molar-refractivity contribution in [2.45, 2.75) is 26.6 Å². The van der Waals surface area contributed by atoms with Gasteiger partial charge in [0.05, 0.1) is 6.54 Å². The van der Waals surface area contributed by atoms with E-state index in [2.05, 4.69) is 43.0 Å². The van der Waals surface area contributed by atoms with Gasteiger partial charge in [0.2, 0.25) is 0 Å². The van der Waals surface area contributed by atoms with Crippen molar-refractivity contribution in [3.8, 4) is 0 Å². The Morgan fingerprint density at radius 1 is 1.32 bits per heavy atom. The summed E-state index contributed by atoms with van der Waals surface area (Å²) in [6, 6.07) is 4.16. The molecule has 2 aromatic rings. The van der Waals surface area contributed by atoms with Gasteiger partial charge in [0, 0.05) is 32.4 Å². The maximum absolute atomic E-state index is 4.40. The highest BCUT2D eigenvalue weighted by atomic mass is 15.3. The molecule has 3 rings (SSSR count). The Morgan fingerprint density at radius 3 is 3.05 bits per heavy atom. The molecule has 0 fully saturated rings. The van der Waals surface area contributed by atoms with E-state index in [0.29, 0.717) is 0 Å². The van der Waals surface area contributed by atoms with E-state index in [1.807, 2.05) is 12.3 Å². The van der Waals surface area contributed by atoms with Crippen LogP contribution in [0.25, 0.3) is 0 Å². The second kappa shape index (κ2) is 5.36. The molecule has 0 spiro atoms. The first-order valence-electron chi connectivity index (χ1n) is 6.63. The normalized spacial score (nSPS) is 15.2. The van der Waals surface area contributed by atoms with Gasteiger partial charge in [-0.1, -0.05) is 6.07 Å². The number of nitrogens with one attached hydrogen (secondary N) is 1. The van der Waals surface area contributed by atoms with Gasteiger partial charge in [-0.3, -0.25) is 4.90 Å². The van der Waals surface area contributed by atoms with Crippen LogP contribution in [0, 0.1) is 0 Å². The molecule has 1 aliphatic rings. The number of aromatic nitrogens is 4. The minimum absolute atomic E-state index is 0.856. The second-order valence-corrected chi connectivity index (χ2v) is 4.73. The van der Waals surface area contributed by atoms with Crippen molar-refractivity contribution in [3.63, 3.8) is 0 Å². The fraction of sp³-hybridized carbons (Fsp3) is 0.462. The van der Waals surface area contributed by atoms with Gasteiger partial charge in [-0.2, -0.15) is 0 Å². The van der Waals surface area contributed by atoms with Gasteiger partial charge in [-0.15, -0.1) is 10.2 Å². The molecule has 0 aromatic carbocycles. The Morgan fingerprint density at radius 2 is 2.26 bits per heavy atom. The maximum atomic E-state index is 4.40. The van der Waals surface area contributed by atoms with E-state index >= 15 is 0 Å². The third-order valence-electron chi connectivity index (χ3n) is 3.31. The summed E-state index contributed by atoms with van der Waals surface area (Å²) in [4.78, 5) is 6.77. The highest BCUT2D eigenvalue weighted by molar-refractivity contribution is 5.35. The van der Waals surface area contributed by atoms with Gasteiger partial charge in [0.1, 0.15) is 18.0 Å². The van der Waals surface area contributed by atoms with E-state index < -0.39 is 0 Å². The highest BCUT2D eigenvalue weighted by Gasteiger charge is 2.17. The zero-order chi connectivity index (χ0) is 13.1. The summed E-state index contributed by atoms with van der Waals surface area (Å²) >= 11 is 0. The Labute approximate surface area is 112 Å². The summed E-state index contributed by atoms with van der Waals surface area (Å²) in [5.41, 5.74) is 1.23. The number of hydrogen-bond donors (Lipinski definition) is 1. The molecule has 0 radical (unpaired) electrons. The third-order valence-corrected chi connectivity index (χ3v) is 3.31. The molecule has 0 amide bonds. The van der Waals surface area contributed by atoms with Crippen LogP contribution in [0.3, 0.4) is 0 Å². The zero-order valence-corrected chi connectivity index (χ0v) is 11.1. The SMILES string of the molecule is CCNc1ccc(CN2CCn3cnnc3C2)cn1. The van der Waals surface area contributed by atoms with Gasteiger partial charge < -0.3 is 9.88 Å². The van der Waals surface area contributed by atoms with Crippen LogP contribution in [0.2, 0.25) is 0 Å². The van der Waals surface area contributed by atoms with Gasteiger partial charge in [0.25, 0.3) is 0 Å². The van der Waals surface area contributed by atoms with E-state index in [9.17, 15) is 0 Å². The van der Waals surface area contributed by atoms with Crippen LogP contribution < -0.4 is 5.32 Å². The predicted molar refractivity (Wildman–Crippen MR) is 72.5 cm³/mol. The summed E-state index contributed by atoms with van der Waals surface area (Å²) in [5, 5.41) is 11.3. The van der Waals surface area contributed by atoms with Crippen molar-refractivity contribution >= 4 is 5.82 Å². The van der Waals surface area contributed by atoms with Crippen molar-refractivity contribution in [1.82, 2.24) is 24.6 Å². The van der Waals surface area contributed by atoms with Crippen LogP contribution in [0.4, 0.5) is 5.82 Å². The lowest BCUT2D eigenvalue weighted by atomic mass is 10.2. The number of anilines is 1. The lowest BCUT2D eigenvalue weighted by molar-refractivity contribution is 0.208. The number of fused-ring (bicyclic) bond motifs is 1. The molecule has 19 heavy (non-hydrogen) atoms.